The Labute approximate surface area is 103 Å². The smallest absolute Gasteiger partial charge is 0.328 e. The number of rotatable bonds is 2. The van der Waals surface area contributed by atoms with Crippen molar-refractivity contribution in [3.8, 4) is 0 Å². The molecule has 0 aromatic heterocycles. The number of benzene rings is 1. The Morgan fingerprint density at radius 3 is 2.83 bits per heavy atom. The molecule has 1 aliphatic rings. The van der Waals surface area contributed by atoms with Gasteiger partial charge >= 0.3 is 5.69 Å². The first kappa shape index (κ1) is 12.7. The summed E-state index contributed by atoms with van der Waals surface area (Å²) in [6.45, 7) is 3.49. The number of nitrogens with one attached hydrogen (secondary N) is 1. The molecule has 0 amide bonds. The van der Waals surface area contributed by atoms with Crippen LogP contribution < -0.4 is 10.2 Å². The van der Waals surface area contributed by atoms with Crippen molar-refractivity contribution in [1.82, 2.24) is 5.32 Å². The molecule has 1 N–H and O–H groups in total. The summed E-state index contributed by atoms with van der Waals surface area (Å²) in [6, 6.07) is 1.66. The Morgan fingerprint density at radius 1 is 1.50 bits per heavy atom. The topological polar surface area (TPSA) is 58.4 Å². The van der Waals surface area contributed by atoms with Crippen LogP contribution >= 0.6 is 0 Å². The van der Waals surface area contributed by atoms with Gasteiger partial charge in [-0.3, -0.25) is 10.1 Å². The highest BCUT2D eigenvalue weighted by Crippen LogP contribution is 2.32. The van der Waals surface area contributed by atoms with E-state index in [1.807, 2.05) is 6.92 Å². The highest BCUT2D eigenvalue weighted by atomic mass is 19.1. The first-order valence-electron chi connectivity index (χ1n) is 5.61. The molecule has 7 heteroatoms. The number of anilines is 1. The van der Waals surface area contributed by atoms with Crippen LogP contribution in [0.15, 0.2) is 12.1 Å². The fourth-order valence-electron chi connectivity index (χ4n) is 2.13. The van der Waals surface area contributed by atoms with Crippen molar-refractivity contribution in [3.63, 3.8) is 0 Å². The molecule has 1 aromatic rings. The summed E-state index contributed by atoms with van der Waals surface area (Å²) in [5.74, 6) is -1.94. The van der Waals surface area contributed by atoms with Gasteiger partial charge in [0.15, 0.2) is 0 Å². The summed E-state index contributed by atoms with van der Waals surface area (Å²) in [5, 5.41) is 14.0. The van der Waals surface area contributed by atoms with E-state index in [1.54, 1.807) is 4.90 Å². The standard InChI is InChI=1S/C11H13F2N3O2/c1-7-6-15(3-2-14-7)10-5-8(12)4-9(13)11(10)16(17)18/h4-5,7,14H,2-3,6H2,1H3/t7-/m0/s1. The zero-order valence-corrected chi connectivity index (χ0v) is 9.82. The molecule has 98 valence electrons. The van der Waals surface area contributed by atoms with Gasteiger partial charge in [-0.2, -0.15) is 4.39 Å². The second-order valence-electron chi connectivity index (χ2n) is 4.31. The normalized spacial score (nSPS) is 19.9. The minimum Gasteiger partial charge on any atom is -0.363 e. The van der Waals surface area contributed by atoms with Crippen LogP contribution in [0.3, 0.4) is 0 Å². The number of piperazine rings is 1. The van der Waals surface area contributed by atoms with Gasteiger partial charge < -0.3 is 10.2 Å². The number of hydrogen-bond acceptors (Lipinski definition) is 4. The van der Waals surface area contributed by atoms with Gasteiger partial charge in [-0.25, -0.2) is 4.39 Å². The fraction of sp³-hybridized carbons (Fsp3) is 0.455. The lowest BCUT2D eigenvalue weighted by molar-refractivity contribution is -0.386. The van der Waals surface area contributed by atoms with E-state index >= 15 is 0 Å². The largest absolute Gasteiger partial charge is 0.363 e. The predicted octanol–water partition coefficient (Wildman–Crippen LogP) is 1.67. The Balaban J connectivity index is 2.44. The number of nitro benzene ring substituents is 1. The number of nitrogens with zero attached hydrogens (tertiary/aromatic N) is 2. The van der Waals surface area contributed by atoms with Crippen molar-refractivity contribution < 1.29 is 13.7 Å². The van der Waals surface area contributed by atoms with Crippen LogP contribution in [0.4, 0.5) is 20.2 Å². The predicted molar refractivity (Wildman–Crippen MR) is 62.7 cm³/mol. The van der Waals surface area contributed by atoms with E-state index in [4.69, 9.17) is 0 Å². The molecule has 1 saturated heterocycles. The zero-order chi connectivity index (χ0) is 13.3. The maximum atomic E-state index is 13.5. The summed E-state index contributed by atoms with van der Waals surface area (Å²) in [4.78, 5) is 11.7. The average molecular weight is 257 g/mol. The highest BCUT2D eigenvalue weighted by molar-refractivity contribution is 5.64. The molecule has 1 aliphatic heterocycles. The van der Waals surface area contributed by atoms with E-state index in [0.717, 1.165) is 6.07 Å². The van der Waals surface area contributed by atoms with Gasteiger partial charge in [-0.05, 0) is 6.92 Å². The van der Waals surface area contributed by atoms with Crippen LogP contribution in [0.25, 0.3) is 0 Å². The van der Waals surface area contributed by atoms with Crippen LogP contribution in [0.1, 0.15) is 6.92 Å². The Morgan fingerprint density at radius 2 is 2.22 bits per heavy atom. The van der Waals surface area contributed by atoms with E-state index in [-0.39, 0.29) is 11.7 Å². The second-order valence-corrected chi connectivity index (χ2v) is 4.31. The van der Waals surface area contributed by atoms with Crippen LogP contribution in [0, 0.1) is 21.7 Å². The third-order valence-electron chi connectivity index (χ3n) is 2.90. The van der Waals surface area contributed by atoms with E-state index in [0.29, 0.717) is 25.7 Å². The molecule has 5 nitrogen and oxygen atoms in total. The lowest BCUT2D eigenvalue weighted by atomic mass is 10.1. The Hall–Kier alpha value is -1.76. The van der Waals surface area contributed by atoms with Crippen LogP contribution in [0.2, 0.25) is 0 Å². The lowest BCUT2D eigenvalue weighted by Gasteiger charge is -2.33. The van der Waals surface area contributed by atoms with Crippen molar-refractivity contribution in [2.24, 2.45) is 0 Å². The van der Waals surface area contributed by atoms with Crippen molar-refractivity contribution in [2.75, 3.05) is 24.5 Å². The van der Waals surface area contributed by atoms with E-state index in [1.165, 1.54) is 0 Å². The van der Waals surface area contributed by atoms with Crippen LogP contribution in [0.5, 0.6) is 0 Å². The SMILES string of the molecule is C[C@H]1CN(c2cc(F)cc(F)c2[N+](=O)[O-])CCN1. The molecule has 1 atom stereocenters. The number of hydrogen-bond donors (Lipinski definition) is 1. The van der Waals surface area contributed by atoms with E-state index in [2.05, 4.69) is 5.32 Å². The molecule has 18 heavy (non-hydrogen) atoms. The maximum absolute atomic E-state index is 13.5. The summed E-state index contributed by atoms with van der Waals surface area (Å²) >= 11 is 0. The summed E-state index contributed by atoms with van der Waals surface area (Å²) in [7, 11) is 0. The zero-order valence-electron chi connectivity index (χ0n) is 9.82. The van der Waals surface area contributed by atoms with Crippen molar-refractivity contribution >= 4 is 11.4 Å². The van der Waals surface area contributed by atoms with Gasteiger partial charge in [-0.1, -0.05) is 0 Å². The average Bonchev–Trinajstić information content (AvgIpc) is 2.27. The lowest BCUT2D eigenvalue weighted by Crippen LogP contribution is -2.49. The van der Waals surface area contributed by atoms with Gasteiger partial charge in [-0.15, -0.1) is 0 Å². The molecule has 0 aliphatic carbocycles. The van der Waals surface area contributed by atoms with E-state index < -0.39 is 22.2 Å². The molecule has 1 heterocycles. The van der Waals surface area contributed by atoms with Gasteiger partial charge in [0.05, 0.1) is 4.92 Å². The highest BCUT2D eigenvalue weighted by Gasteiger charge is 2.28. The van der Waals surface area contributed by atoms with Crippen molar-refractivity contribution in [2.45, 2.75) is 13.0 Å². The van der Waals surface area contributed by atoms with Crippen molar-refractivity contribution in [1.29, 1.82) is 0 Å². The van der Waals surface area contributed by atoms with Gasteiger partial charge in [0, 0.05) is 37.8 Å². The summed E-state index contributed by atoms with van der Waals surface area (Å²) < 4.78 is 26.7. The Kier molecular flexibility index (Phi) is 3.42. The summed E-state index contributed by atoms with van der Waals surface area (Å²) in [5.41, 5.74) is -0.656. The monoisotopic (exact) mass is 257 g/mol. The minimum atomic E-state index is -1.14. The summed E-state index contributed by atoms with van der Waals surface area (Å²) in [6.07, 6.45) is 0. The molecule has 0 saturated carbocycles. The molecule has 2 rings (SSSR count). The first-order valence-corrected chi connectivity index (χ1v) is 5.61. The molecule has 1 aromatic carbocycles. The molecule has 0 radical (unpaired) electrons. The second kappa shape index (κ2) is 4.85. The third kappa shape index (κ3) is 2.40. The fourth-order valence-corrected chi connectivity index (χ4v) is 2.13. The third-order valence-corrected chi connectivity index (χ3v) is 2.90. The van der Waals surface area contributed by atoms with Gasteiger partial charge in [0.2, 0.25) is 5.82 Å². The van der Waals surface area contributed by atoms with Gasteiger partial charge in [0.1, 0.15) is 11.5 Å². The van der Waals surface area contributed by atoms with E-state index in [9.17, 15) is 18.9 Å². The molecule has 0 bridgehead atoms. The molecule has 0 spiro atoms. The van der Waals surface area contributed by atoms with Crippen molar-refractivity contribution in [3.05, 3.63) is 33.9 Å². The van der Waals surface area contributed by atoms with Crippen LogP contribution in [-0.4, -0.2) is 30.6 Å². The number of nitro groups is 1. The molecule has 0 unspecified atom stereocenters. The Bertz CT molecular complexity index is 482. The number of halogens is 2. The quantitative estimate of drug-likeness (QED) is 0.646. The first-order chi connectivity index (χ1) is 8.49. The van der Waals surface area contributed by atoms with Gasteiger partial charge in [0.25, 0.3) is 0 Å². The maximum Gasteiger partial charge on any atom is 0.328 e. The molecular weight excluding hydrogens is 244 g/mol. The molecule has 1 fully saturated rings. The minimum absolute atomic E-state index is 0.00542. The van der Waals surface area contributed by atoms with Crippen LogP contribution in [-0.2, 0) is 0 Å². The molecular formula is C11H13F2N3O2.